The number of carbonyl (C=O) groups is 2. The maximum Gasteiger partial charge on any atom is 0.573 e. The lowest BCUT2D eigenvalue weighted by Gasteiger charge is -2.09. The van der Waals surface area contributed by atoms with Crippen LogP contribution in [0.25, 0.3) is 5.69 Å². The van der Waals surface area contributed by atoms with E-state index in [4.69, 9.17) is 0 Å². The van der Waals surface area contributed by atoms with Gasteiger partial charge in [-0.15, -0.1) is 18.3 Å². The fourth-order valence-corrected chi connectivity index (χ4v) is 3.09. The molecule has 0 radical (unpaired) electrons. The zero-order valence-corrected chi connectivity index (χ0v) is 16.7. The molecule has 0 aliphatic carbocycles. The van der Waals surface area contributed by atoms with Crippen molar-refractivity contribution in [1.82, 2.24) is 25.5 Å². The van der Waals surface area contributed by atoms with Crippen LogP contribution in [0.2, 0.25) is 0 Å². The number of nitrogens with zero attached hydrogens (tertiary/aromatic N) is 4. The Morgan fingerprint density at radius 2 is 1.77 bits per heavy atom. The first kappa shape index (κ1) is 22.1. The summed E-state index contributed by atoms with van der Waals surface area (Å²) in [6, 6.07) is 11.3. The van der Waals surface area contributed by atoms with Crippen molar-refractivity contribution < 1.29 is 27.5 Å². The molecule has 0 saturated heterocycles. The maximum absolute atomic E-state index is 12.3. The van der Waals surface area contributed by atoms with Gasteiger partial charge in [0.15, 0.2) is 0 Å². The summed E-state index contributed by atoms with van der Waals surface area (Å²) >= 11 is 1.04. The molecule has 0 aliphatic rings. The van der Waals surface area contributed by atoms with Gasteiger partial charge < -0.3 is 15.4 Å². The van der Waals surface area contributed by atoms with E-state index in [0.717, 1.165) is 23.9 Å². The summed E-state index contributed by atoms with van der Waals surface area (Å²) in [5, 5.41) is 16.6. The predicted molar refractivity (Wildman–Crippen MR) is 105 cm³/mol. The minimum absolute atomic E-state index is 0.0210. The van der Waals surface area contributed by atoms with Crippen LogP contribution in [0.1, 0.15) is 10.4 Å². The molecule has 162 valence electrons. The molecular formula is C18H15F3N6O3S. The Balaban J connectivity index is 1.59. The topological polar surface area (TPSA) is 111 Å². The molecule has 0 aliphatic heterocycles. The normalized spacial score (nSPS) is 11.1. The lowest BCUT2D eigenvalue weighted by molar-refractivity contribution is -0.274. The van der Waals surface area contributed by atoms with Crippen LogP contribution >= 0.6 is 11.8 Å². The SMILES string of the molecule is CNC(=O)c1ccc(NC(=O)CSc2nnnn2-c2ccc(OC(F)(F)F)cc2)cc1. The highest BCUT2D eigenvalue weighted by Gasteiger charge is 2.31. The second-order valence-electron chi connectivity index (χ2n) is 5.91. The summed E-state index contributed by atoms with van der Waals surface area (Å²) in [6.45, 7) is 0. The number of aromatic nitrogens is 4. The summed E-state index contributed by atoms with van der Waals surface area (Å²) < 4.78 is 41.9. The number of tetrazole rings is 1. The first-order valence-corrected chi connectivity index (χ1v) is 9.63. The van der Waals surface area contributed by atoms with Gasteiger partial charge in [0.1, 0.15) is 5.75 Å². The number of amides is 2. The average molecular weight is 452 g/mol. The van der Waals surface area contributed by atoms with Crippen molar-refractivity contribution in [3.05, 3.63) is 54.1 Å². The fraction of sp³-hybridized carbons (Fsp3) is 0.167. The molecule has 0 bridgehead atoms. The molecule has 0 spiro atoms. The number of alkyl halides is 3. The van der Waals surface area contributed by atoms with E-state index in [1.807, 2.05) is 0 Å². The molecule has 2 N–H and O–H groups in total. The number of rotatable bonds is 7. The molecular weight excluding hydrogens is 437 g/mol. The van der Waals surface area contributed by atoms with Crippen molar-refractivity contribution in [2.24, 2.45) is 0 Å². The summed E-state index contributed by atoms with van der Waals surface area (Å²) in [5.74, 6) is -0.966. The van der Waals surface area contributed by atoms with Gasteiger partial charge in [0.05, 0.1) is 11.4 Å². The van der Waals surface area contributed by atoms with Crippen LogP contribution in [0.5, 0.6) is 5.75 Å². The van der Waals surface area contributed by atoms with Crippen molar-refractivity contribution in [2.75, 3.05) is 18.1 Å². The standard InChI is InChI=1S/C18H15F3N6O3S/c1-22-16(29)11-2-4-12(5-3-11)23-15(28)10-31-17-24-25-26-27(17)13-6-8-14(9-7-13)30-18(19,20)21/h2-9H,10H2,1H3,(H,22,29)(H,23,28). The molecule has 0 saturated carbocycles. The lowest BCUT2D eigenvalue weighted by Crippen LogP contribution is -2.18. The zero-order valence-electron chi connectivity index (χ0n) is 15.9. The van der Waals surface area contributed by atoms with Crippen molar-refractivity contribution in [3.8, 4) is 11.4 Å². The number of ether oxygens (including phenoxy) is 1. The molecule has 31 heavy (non-hydrogen) atoms. The molecule has 0 atom stereocenters. The molecule has 2 aromatic carbocycles. The highest BCUT2D eigenvalue weighted by molar-refractivity contribution is 7.99. The first-order valence-electron chi connectivity index (χ1n) is 8.64. The Morgan fingerprint density at radius 3 is 2.39 bits per heavy atom. The third-order valence-corrected chi connectivity index (χ3v) is 4.67. The summed E-state index contributed by atoms with van der Waals surface area (Å²) in [5.41, 5.74) is 1.37. The van der Waals surface area contributed by atoms with Gasteiger partial charge in [0.25, 0.3) is 5.91 Å². The van der Waals surface area contributed by atoms with Crippen molar-refractivity contribution >= 4 is 29.3 Å². The van der Waals surface area contributed by atoms with Crippen LogP contribution in [-0.4, -0.2) is 51.2 Å². The molecule has 3 aromatic rings. The quantitative estimate of drug-likeness (QED) is 0.530. The highest BCUT2D eigenvalue weighted by atomic mass is 32.2. The number of nitrogens with one attached hydrogen (secondary N) is 2. The van der Waals surface area contributed by atoms with Crippen molar-refractivity contribution in [1.29, 1.82) is 0 Å². The average Bonchev–Trinajstić information content (AvgIpc) is 3.20. The third kappa shape index (κ3) is 6.18. The fourth-order valence-electron chi connectivity index (χ4n) is 2.40. The number of anilines is 1. The first-order chi connectivity index (χ1) is 14.7. The summed E-state index contributed by atoms with van der Waals surface area (Å²) in [6.07, 6.45) is -4.78. The van der Waals surface area contributed by atoms with Crippen LogP contribution in [-0.2, 0) is 4.79 Å². The minimum atomic E-state index is -4.78. The van der Waals surface area contributed by atoms with Crippen LogP contribution in [0.3, 0.4) is 0 Å². The molecule has 13 heteroatoms. The smallest absolute Gasteiger partial charge is 0.406 e. The molecule has 9 nitrogen and oxygen atoms in total. The number of hydrogen-bond acceptors (Lipinski definition) is 7. The Labute approximate surface area is 178 Å². The van der Waals surface area contributed by atoms with Gasteiger partial charge in [-0.2, -0.15) is 4.68 Å². The third-order valence-electron chi connectivity index (χ3n) is 3.75. The Morgan fingerprint density at radius 1 is 1.10 bits per heavy atom. The molecule has 1 heterocycles. The van der Waals surface area contributed by atoms with E-state index in [1.165, 1.54) is 23.9 Å². The minimum Gasteiger partial charge on any atom is -0.406 e. The molecule has 0 unspecified atom stereocenters. The second-order valence-corrected chi connectivity index (χ2v) is 6.85. The van der Waals surface area contributed by atoms with Gasteiger partial charge >= 0.3 is 6.36 Å². The monoisotopic (exact) mass is 452 g/mol. The summed E-state index contributed by atoms with van der Waals surface area (Å²) in [4.78, 5) is 23.7. The van der Waals surface area contributed by atoms with Gasteiger partial charge in [-0.05, 0) is 59.0 Å². The van der Waals surface area contributed by atoms with Gasteiger partial charge in [0.2, 0.25) is 11.1 Å². The van der Waals surface area contributed by atoms with E-state index in [9.17, 15) is 22.8 Å². The zero-order chi connectivity index (χ0) is 22.4. The van der Waals surface area contributed by atoms with E-state index in [0.29, 0.717) is 16.9 Å². The maximum atomic E-state index is 12.3. The Hall–Kier alpha value is -3.61. The van der Waals surface area contributed by atoms with Crippen LogP contribution in [0, 0.1) is 0 Å². The Bertz CT molecular complexity index is 1050. The van der Waals surface area contributed by atoms with Crippen LogP contribution < -0.4 is 15.4 Å². The van der Waals surface area contributed by atoms with Gasteiger partial charge in [0, 0.05) is 18.3 Å². The second kappa shape index (κ2) is 9.47. The van der Waals surface area contributed by atoms with Crippen molar-refractivity contribution in [3.63, 3.8) is 0 Å². The number of carbonyl (C=O) groups excluding carboxylic acids is 2. The van der Waals surface area contributed by atoms with Gasteiger partial charge in [-0.3, -0.25) is 9.59 Å². The number of hydrogen-bond donors (Lipinski definition) is 2. The highest BCUT2D eigenvalue weighted by Crippen LogP contribution is 2.25. The van der Waals surface area contributed by atoms with E-state index in [2.05, 4.69) is 30.9 Å². The number of halogens is 3. The van der Waals surface area contributed by atoms with Crippen LogP contribution in [0.15, 0.2) is 53.7 Å². The van der Waals surface area contributed by atoms with Crippen LogP contribution in [0.4, 0.5) is 18.9 Å². The number of thioether (sulfide) groups is 1. The molecule has 3 rings (SSSR count). The van der Waals surface area contributed by atoms with E-state index < -0.39 is 6.36 Å². The van der Waals surface area contributed by atoms with E-state index >= 15 is 0 Å². The van der Waals surface area contributed by atoms with E-state index in [1.54, 1.807) is 24.3 Å². The predicted octanol–water partition coefficient (Wildman–Crippen LogP) is 2.65. The summed E-state index contributed by atoms with van der Waals surface area (Å²) in [7, 11) is 1.52. The largest absolute Gasteiger partial charge is 0.573 e. The van der Waals surface area contributed by atoms with Crippen molar-refractivity contribution in [2.45, 2.75) is 11.5 Å². The molecule has 1 aromatic heterocycles. The van der Waals surface area contributed by atoms with Gasteiger partial charge in [-0.25, -0.2) is 0 Å². The lowest BCUT2D eigenvalue weighted by atomic mass is 10.2. The van der Waals surface area contributed by atoms with Gasteiger partial charge in [-0.1, -0.05) is 11.8 Å². The molecule has 0 fully saturated rings. The number of benzene rings is 2. The molecule has 2 amide bonds. The van der Waals surface area contributed by atoms with E-state index in [-0.39, 0.29) is 28.5 Å². The Kier molecular flexibility index (Phi) is 6.74.